The van der Waals surface area contributed by atoms with Gasteiger partial charge in [0.05, 0.1) is 36.5 Å². The van der Waals surface area contributed by atoms with Crippen LogP contribution in [0.3, 0.4) is 0 Å². The number of methoxy groups -OCH3 is 1. The normalized spacial score (nSPS) is 14.8. The zero-order valence-corrected chi connectivity index (χ0v) is 27.7. The van der Waals surface area contributed by atoms with Gasteiger partial charge in [0.25, 0.3) is 0 Å². The number of ether oxygens (including phenoxy) is 1. The number of aryl methyl sites for hydroxylation is 2. The van der Waals surface area contributed by atoms with Gasteiger partial charge in [0.15, 0.2) is 5.82 Å². The third-order valence-corrected chi connectivity index (χ3v) is 9.32. The van der Waals surface area contributed by atoms with Crippen LogP contribution in [0.4, 0.5) is 5.82 Å². The van der Waals surface area contributed by atoms with E-state index >= 15 is 0 Å². The zero-order chi connectivity index (χ0) is 33.5. The molecule has 47 heavy (non-hydrogen) atoms. The third-order valence-electron chi connectivity index (χ3n) is 9.32. The molecule has 1 fully saturated rings. The fourth-order valence-corrected chi connectivity index (χ4v) is 6.53. The first-order chi connectivity index (χ1) is 22.7. The number of benzene rings is 2. The summed E-state index contributed by atoms with van der Waals surface area (Å²) in [5.41, 5.74) is 10.7. The predicted octanol–water partition coefficient (Wildman–Crippen LogP) is 4.83. The second-order valence-corrected chi connectivity index (χ2v) is 12.5. The summed E-state index contributed by atoms with van der Waals surface area (Å²) in [5.74, 6) is -0.0239. The third kappa shape index (κ3) is 7.90. The van der Waals surface area contributed by atoms with E-state index in [9.17, 15) is 19.5 Å². The van der Waals surface area contributed by atoms with Crippen LogP contribution in [0, 0.1) is 5.92 Å². The molecule has 0 aliphatic carbocycles. The number of aliphatic carboxylic acids is 1. The number of fused-ring (bicyclic) bond motifs is 3. The van der Waals surface area contributed by atoms with Gasteiger partial charge in [-0.1, -0.05) is 55.8 Å². The SMILES string of the molecule is CCCCc1nc2c(N)nc3ccccc3c2n1CCCN(Cc1ccc(CC(=O)OC)cc1)C(=O)C(C)N1CCC(C(=O)O)CC1. The topological polar surface area (TPSA) is 144 Å². The summed E-state index contributed by atoms with van der Waals surface area (Å²) in [6, 6.07) is 15.3. The zero-order valence-electron chi connectivity index (χ0n) is 27.7. The Labute approximate surface area is 275 Å². The second kappa shape index (κ2) is 15.4. The molecule has 11 nitrogen and oxygen atoms in total. The highest BCUT2D eigenvalue weighted by Gasteiger charge is 2.31. The fraction of sp³-hybridized carbons (Fsp3) is 0.472. The van der Waals surface area contributed by atoms with Gasteiger partial charge in [-0.05, 0) is 62.9 Å². The number of nitrogens with two attached hydrogens (primary N) is 1. The van der Waals surface area contributed by atoms with Crippen molar-refractivity contribution in [1.29, 1.82) is 0 Å². The molecule has 0 radical (unpaired) electrons. The smallest absolute Gasteiger partial charge is 0.309 e. The Morgan fingerprint density at radius 3 is 2.43 bits per heavy atom. The van der Waals surface area contributed by atoms with Gasteiger partial charge in [-0.15, -0.1) is 0 Å². The molecule has 3 N–H and O–H groups in total. The first-order valence-electron chi connectivity index (χ1n) is 16.6. The van der Waals surface area contributed by atoms with E-state index in [1.807, 2.05) is 54.3 Å². The van der Waals surface area contributed by atoms with Gasteiger partial charge >= 0.3 is 11.9 Å². The van der Waals surface area contributed by atoms with Crippen LogP contribution >= 0.6 is 0 Å². The number of esters is 1. The molecule has 1 aliphatic heterocycles. The molecule has 4 aromatic rings. The Morgan fingerprint density at radius 2 is 1.74 bits per heavy atom. The van der Waals surface area contributed by atoms with E-state index < -0.39 is 5.97 Å². The number of pyridine rings is 1. The number of amides is 1. The van der Waals surface area contributed by atoms with Crippen molar-refractivity contribution in [3.8, 4) is 0 Å². The van der Waals surface area contributed by atoms with Gasteiger partial charge in [-0.25, -0.2) is 9.97 Å². The number of carboxylic acids is 1. The van der Waals surface area contributed by atoms with Crippen molar-refractivity contribution in [2.75, 3.05) is 32.5 Å². The van der Waals surface area contributed by atoms with E-state index in [-0.39, 0.29) is 30.3 Å². The number of likely N-dealkylation sites (tertiary alicyclic amines) is 1. The largest absolute Gasteiger partial charge is 0.481 e. The fourth-order valence-electron chi connectivity index (χ4n) is 6.53. The molecule has 1 atom stereocenters. The molecule has 250 valence electrons. The van der Waals surface area contributed by atoms with Gasteiger partial charge in [0.1, 0.15) is 11.3 Å². The van der Waals surface area contributed by atoms with Crippen molar-refractivity contribution in [3.05, 3.63) is 65.5 Å². The van der Waals surface area contributed by atoms with Crippen LogP contribution in [-0.4, -0.2) is 80.1 Å². The molecule has 2 aromatic carbocycles. The van der Waals surface area contributed by atoms with E-state index in [4.69, 9.17) is 15.5 Å². The molecular weight excluding hydrogens is 596 g/mol. The average molecular weight is 643 g/mol. The highest BCUT2D eigenvalue weighted by Crippen LogP contribution is 2.30. The second-order valence-electron chi connectivity index (χ2n) is 12.5. The molecule has 1 unspecified atom stereocenters. The van der Waals surface area contributed by atoms with Gasteiger partial charge in [0.2, 0.25) is 5.91 Å². The van der Waals surface area contributed by atoms with Gasteiger partial charge in [-0.3, -0.25) is 19.3 Å². The Morgan fingerprint density at radius 1 is 1.04 bits per heavy atom. The number of rotatable bonds is 14. The van der Waals surface area contributed by atoms with Gasteiger partial charge < -0.3 is 25.0 Å². The number of aromatic nitrogens is 3. The number of carbonyl (C=O) groups excluding carboxylic acids is 2. The van der Waals surface area contributed by atoms with E-state index in [1.54, 1.807) is 0 Å². The summed E-state index contributed by atoms with van der Waals surface area (Å²) in [7, 11) is 1.37. The lowest BCUT2D eigenvalue weighted by atomic mass is 9.96. The van der Waals surface area contributed by atoms with Crippen molar-refractivity contribution in [2.24, 2.45) is 5.92 Å². The highest BCUT2D eigenvalue weighted by atomic mass is 16.5. The molecule has 0 saturated carbocycles. The standard InChI is InChI=1S/C36H46N6O5/c1-4-5-11-30-39-32-33(28-9-6-7-10-29(28)38-34(32)37)42(30)19-8-18-41(23-26-14-12-25(13-15-26)22-31(43)47-3)35(44)24(2)40-20-16-27(17-21-40)36(45)46/h6-7,9-10,12-15,24,27H,4-5,8,11,16-23H2,1-3H3,(H2,37,38)(H,45,46). The van der Waals surface area contributed by atoms with Crippen LogP contribution in [0.5, 0.6) is 0 Å². The maximum absolute atomic E-state index is 14.1. The number of hydrogen-bond donors (Lipinski definition) is 2. The molecule has 1 aliphatic rings. The predicted molar refractivity (Wildman–Crippen MR) is 182 cm³/mol. The maximum atomic E-state index is 14.1. The van der Waals surface area contributed by atoms with Gasteiger partial charge in [0, 0.05) is 31.4 Å². The summed E-state index contributed by atoms with van der Waals surface area (Å²) in [6.07, 6.45) is 4.82. The van der Waals surface area contributed by atoms with Crippen molar-refractivity contribution in [1.82, 2.24) is 24.3 Å². The molecule has 2 aromatic heterocycles. The van der Waals surface area contributed by atoms with E-state index in [2.05, 4.69) is 27.4 Å². The van der Waals surface area contributed by atoms with Crippen LogP contribution < -0.4 is 5.73 Å². The van der Waals surface area contributed by atoms with Crippen LogP contribution in [0.1, 0.15) is 62.9 Å². The lowest BCUT2D eigenvalue weighted by Crippen LogP contribution is -2.50. The lowest BCUT2D eigenvalue weighted by Gasteiger charge is -2.36. The van der Waals surface area contributed by atoms with E-state index in [1.165, 1.54) is 7.11 Å². The van der Waals surface area contributed by atoms with Crippen LogP contribution in [0.25, 0.3) is 21.9 Å². The average Bonchev–Trinajstić information content (AvgIpc) is 3.46. The number of para-hydroxylation sites is 1. The number of hydrogen-bond acceptors (Lipinski definition) is 8. The molecule has 1 amide bonds. The van der Waals surface area contributed by atoms with Crippen LogP contribution in [0.2, 0.25) is 0 Å². The Kier molecular flexibility index (Phi) is 11.1. The minimum Gasteiger partial charge on any atom is -0.481 e. The summed E-state index contributed by atoms with van der Waals surface area (Å²) in [6.45, 7) is 6.82. The molecular formula is C36H46N6O5. The van der Waals surface area contributed by atoms with Crippen molar-refractivity contribution >= 4 is 45.6 Å². The van der Waals surface area contributed by atoms with Crippen LogP contribution in [0.15, 0.2) is 48.5 Å². The minimum atomic E-state index is -0.767. The minimum absolute atomic E-state index is 0.0120. The summed E-state index contributed by atoms with van der Waals surface area (Å²) >= 11 is 0. The summed E-state index contributed by atoms with van der Waals surface area (Å²) < 4.78 is 7.06. The molecule has 3 heterocycles. The molecule has 0 bridgehead atoms. The number of piperidine rings is 1. The van der Waals surface area contributed by atoms with E-state index in [0.717, 1.165) is 52.6 Å². The number of nitrogen functional groups attached to an aromatic ring is 1. The van der Waals surface area contributed by atoms with Crippen LogP contribution in [-0.2, 0) is 45.1 Å². The Balaban J connectivity index is 1.38. The van der Waals surface area contributed by atoms with E-state index in [0.29, 0.717) is 63.3 Å². The Hall–Kier alpha value is -4.51. The van der Waals surface area contributed by atoms with Gasteiger partial charge in [-0.2, -0.15) is 0 Å². The summed E-state index contributed by atoms with van der Waals surface area (Å²) in [5, 5.41) is 10.5. The molecule has 11 heteroatoms. The number of unbranched alkanes of at least 4 members (excludes halogenated alkanes) is 1. The highest BCUT2D eigenvalue weighted by molar-refractivity contribution is 6.06. The number of anilines is 1. The number of nitrogens with zero attached hydrogens (tertiary/aromatic N) is 5. The molecule has 1 saturated heterocycles. The van der Waals surface area contributed by atoms with Crippen molar-refractivity contribution in [3.63, 3.8) is 0 Å². The quantitative estimate of drug-likeness (QED) is 0.185. The number of carbonyl (C=O) groups is 3. The number of imidazole rings is 1. The maximum Gasteiger partial charge on any atom is 0.309 e. The number of carboxylic acid groups (broad SMARTS) is 1. The molecule has 5 rings (SSSR count). The van der Waals surface area contributed by atoms with Crippen molar-refractivity contribution < 1.29 is 24.2 Å². The summed E-state index contributed by atoms with van der Waals surface area (Å²) in [4.78, 5) is 50.9. The first-order valence-corrected chi connectivity index (χ1v) is 16.6. The molecule has 0 spiro atoms. The lowest BCUT2D eigenvalue weighted by molar-refractivity contribution is -0.144. The monoisotopic (exact) mass is 642 g/mol. The van der Waals surface area contributed by atoms with Crippen molar-refractivity contribution in [2.45, 2.75) is 77.9 Å². The first kappa shape index (κ1) is 33.8. The Bertz CT molecular complexity index is 1710.